The number of carbonyl (C=O) groups excluding carboxylic acids is 1. The molecule has 20 heavy (non-hydrogen) atoms. The van der Waals surface area contributed by atoms with Crippen molar-refractivity contribution in [3.05, 3.63) is 47.0 Å². The molecule has 0 spiro atoms. The molecule has 0 atom stereocenters. The molecular formula is C12H12ClN5O2. The van der Waals surface area contributed by atoms with Gasteiger partial charge in [0.2, 0.25) is 0 Å². The number of aromatic nitrogens is 2. The Labute approximate surface area is 119 Å². The number of benzene rings is 1. The van der Waals surface area contributed by atoms with Gasteiger partial charge in [-0.3, -0.25) is 4.79 Å². The molecule has 0 aliphatic heterocycles. The number of carbonyl (C=O) groups is 1. The topological polar surface area (TPSA) is 106 Å². The van der Waals surface area contributed by atoms with Gasteiger partial charge in [-0.2, -0.15) is 0 Å². The third-order valence-electron chi connectivity index (χ3n) is 2.67. The molecule has 2 rings (SSSR count). The molecule has 0 fully saturated rings. The summed E-state index contributed by atoms with van der Waals surface area (Å²) in [7, 11) is 1.71. The van der Waals surface area contributed by atoms with Crippen LogP contribution < -0.4 is 11.1 Å². The van der Waals surface area contributed by atoms with E-state index in [1.807, 2.05) is 0 Å². The number of oxime groups is 1. The zero-order chi connectivity index (χ0) is 14.7. The molecule has 1 heterocycles. The molecule has 1 amide bonds. The molecule has 0 bridgehead atoms. The van der Waals surface area contributed by atoms with Gasteiger partial charge in [0.25, 0.3) is 5.91 Å². The third kappa shape index (κ3) is 2.72. The number of amides is 1. The van der Waals surface area contributed by atoms with Gasteiger partial charge in [0, 0.05) is 12.6 Å². The maximum Gasteiger partial charge on any atom is 0.273 e. The second-order valence-electron chi connectivity index (χ2n) is 4.02. The number of rotatable bonds is 3. The first-order valence-electron chi connectivity index (χ1n) is 5.58. The van der Waals surface area contributed by atoms with E-state index in [-0.39, 0.29) is 16.8 Å². The van der Waals surface area contributed by atoms with Crippen molar-refractivity contribution in [2.75, 3.05) is 5.32 Å². The summed E-state index contributed by atoms with van der Waals surface area (Å²) in [6.07, 6.45) is 2.98. The Morgan fingerprint density at radius 3 is 2.85 bits per heavy atom. The van der Waals surface area contributed by atoms with Gasteiger partial charge in [-0.1, -0.05) is 16.8 Å². The first-order chi connectivity index (χ1) is 9.52. The van der Waals surface area contributed by atoms with E-state index in [4.69, 9.17) is 22.5 Å². The molecule has 1 aromatic carbocycles. The first-order valence-corrected chi connectivity index (χ1v) is 5.96. The number of imidazole rings is 1. The summed E-state index contributed by atoms with van der Waals surface area (Å²) >= 11 is 6.05. The first kappa shape index (κ1) is 13.9. The standard InChI is InChI=1S/C12H12ClN5O2/c1-18-6-15-5-10(18)12(19)16-9-3-2-7(4-8(9)13)11(14)17-20/h2-6,20H,1H3,(H2,14,17)(H,16,19). The zero-order valence-electron chi connectivity index (χ0n) is 10.5. The van der Waals surface area contributed by atoms with E-state index in [0.29, 0.717) is 16.9 Å². The van der Waals surface area contributed by atoms with Crippen LogP contribution in [0.2, 0.25) is 5.02 Å². The second-order valence-corrected chi connectivity index (χ2v) is 4.43. The number of aryl methyl sites for hydroxylation is 1. The molecular weight excluding hydrogens is 282 g/mol. The van der Waals surface area contributed by atoms with Crippen molar-refractivity contribution < 1.29 is 10.0 Å². The average molecular weight is 294 g/mol. The average Bonchev–Trinajstić information content (AvgIpc) is 2.86. The minimum atomic E-state index is -0.330. The lowest BCUT2D eigenvalue weighted by Gasteiger charge is -2.08. The quantitative estimate of drug-likeness (QED) is 0.344. The highest BCUT2D eigenvalue weighted by Crippen LogP contribution is 2.23. The Kier molecular flexibility index (Phi) is 3.90. The van der Waals surface area contributed by atoms with Crippen molar-refractivity contribution in [1.82, 2.24) is 9.55 Å². The highest BCUT2D eigenvalue weighted by atomic mass is 35.5. The summed E-state index contributed by atoms with van der Waals surface area (Å²) in [5.74, 6) is -0.389. The summed E-state index contributed by atoms with van der Waals surface area (Å²) in [6.45, 7) is 0. The minimum Gasteiger partial charge on any atom is -0.409 e. The number of halogens is 1. The van der Waals surface area contributed by atoms with Crippen molar-refractivity contribution in [3.8, 4) is 0 Å². The van der Waals surface area contributed by atoms with E-state index in [1.165, 1.54) is 18.6 Å². The second kappa shape index (κ2) is 5.62. The summed E-state index contributed by atoms with van der Waals surface area (Å²) in [4.78, 5) is 15.9. The predicted octanol–water partition coefficient (Wildman–Crippen LogP) is 1.42. The number of nitrogens with zero attached hydrogens (tertiary/aromatic N) is 3. The van der Waals surface area contributed by atoms with Gasteiger partial charge in [-0.15, -0.1) is 0 Å². The van der Waals surface area contributed by atoms with Crippen LogP contribution in [0.3, 0.4) is 0 Å². The number of hydrogen-bond acceptors (Lipinski definition) is 4. The maximum atomic E-state index is 12.0. The number of amidine groups is 1. The Morgan fingerprint density at radius 2 is 2.30 bits per heavy atom. The normalized spacial score (nSPS) is 11.4. The van der Waals surface area contributed by atoms with Crippen molar-refractivity contribution in [1.29, 1.82) is 0 Å². The van der Waals surface area contributed by atoms with Crippen LogP contribution in [-0.2, 0) is 7.05 Å². The van der Waals surface area contributed by atoms with Crippen molar-refractivity contribution in [2.24, 2.45) is 17.9 Å². The lowest BCUT2D eigenvalue weighted by Crippen LogP contribution is -2.16. The van der Waals surface area contributed by atoms with Crippen LogP contribution in [0.25, 0.3) is 0 Å². The van der Waals surface area contributed by atoms with E-state index < -0.39 is 0 Å². The van der Waals surface area contributed by atoms with Gasteiger partial charge >= 0.3 is 0 Å². The molecule has 0 unspecified atom stereocenters. The van der Waals surface area contributed by atoms with Gasteiger partial charge < -0.3 is 20.8 Å². The van der Waals surface area contributed by atoms with E-state index in [9.17, 15) is 4.79 Å². The lowest BCUT2D eigenvalue weighted by atomic mass is 10.2. The SMILES string of the molecule is Cn1cncc1C(=O)Nc1ccc(/C(N)=N/O)cc1Cl. The van der Waals surface area contributed by atoms with Gasteiger partial charge in [-0.05, 0) is 18.2 Å². The number of hydrogen-bond donors (Lipinski definition) is 3. The van der Waals surface area contributed by atoms with E-state index >= 15 is 0 Å². The summed E-state index contributed by atoms with van der Waals surface area (Å²) in [6, 6.07) is 4.65. The molecule has 2 aromatic rings. The Balaban J connectivity index is 2.23. The molecule has 0 radical (unpaired) electrons. The molecule has 0 saturated carbocycles. The number of nitrogens with two attached hydrogens (primary N) is 1. The summed E-state index contributed by atoms with van der Waals surface area (Å²) < 4.78 is 1.59. The van der Waals surface area contributed by atoms with Crippen molar-refractivity contribution in [2.45, 2.75) is 0 Å². The minimum absolute atomic E-state index is 0.0589. The van der Waals surface area contributed by atoms with Gasteiger partial charge in [0.05, 0.1) is 23.2 Å². The molecule has 0 saturated heterocycles. The fourth-order valence-corrected chi connectivity index (χ4v) is 1.82. The fraction of sp³-hybridized carbons (Fsp3) is 0.0833. The highest BCUT2D eigenvalue weighted by molar-refractivity contribution is 6.34. The van der Waals surface area contributed by atoms with Crippen LogP contribution in [0, 0.1) is 0 Å². The molecule has 1 aromatic heterocycles. The van der Waals surface area contributed by atoms with Crippen LogP contribution in [0.4, 0.5) is 5.69 Å². The van der Waals surface area contributed by atoms with Gasteiger partial charge in [0.1, 0.15) is 5.69 Å². The number of anilines is 1. The Hall–Kier alpha value is -2.54. The highest BCUT2D eigenvalue weighted by Gasteiger charge is 2.12. The Bertz CT molecular complexity index is 680. The van der Waals surface area contributed by atoms with Crippen LogP contribution >= 0.6 is 11.6 Å². The maximum absolute atomic E-state index is 12.0. The Morgan fingerprint density at radius 1 is 1.55 bits per heavy atom. The van der Waals surface area contributed by atoms with Crippen LogP contribution in [-0.4, -0.2) is 26.5 Å². The van der Waals surface area contributed by atoms with E-state index in [0.717, 1.165) is 0 Å². The molecule has 4 N–H and O–H groups in total. The molecule has 0 aliphatic rings. The molecule has 0 aliphatic carbocycles. The van der Waals surface area contributed by atoms with E-state index in [2.05, 4.69) is 15.5 Å². The van der Waals surface area contributed by atoms with E-state index in [1.54, 1.807) is 23.7 Å². The largest absolute Gasteiger partial charge is 0.409 e. The smallest absolute Gasteiger partial charge is 0.273 e. The van der Waals surface area contributed by atoms with Crippen LogP contribution in [0.5, 0.6) is 0 Å². The van der Waals surface area contributed by atoms with Gasteiger partial charge in [-0.25, -0.2) is 4.98 Å². The van der Waals surface area contributed by atoms with Crippen molar-refractivity contribution >= 4 is 29.0 Å². The molecule has 8 heteroatoms. The predicted molar refractivity (Wildman–Crippen MR) is 75.1 cm³/mol. The fourth-order valence-electron chi connectivity index (χ4n) is 1.60. The van der Waals surface area contributed by atoms with Crippen LogP contribution in [0.15, 0.2) is 35.9 Å². The molecule has 7 nitrogen and oxygen atoms in total. The van der Waals surface area contributed by atoms with Gasteiger partial charge in [0.15, 0.2) is 5.84 Å². The summed E-state index contributed by atoms with van der Waals surface area (Å²) in [5, 5.41) is 14.4. The monoisotopic (exact) mass is 293 g/mol. The summed E-state index contributed by atoms with van der Waals surface area (Å²) in [5.41, 5.74) is 6.74. The van der Waals surface area contributed by atoms with Crippen molar-refractivity contribution in [3.63, 3.8) is 0 Å². The number of nitrogens with one attached hydrogen (secondary N) is 1. The zero-order valence-corrected chi connectivity index (χ0v) is 11.3. The third-order valence-corrected chi connectivity index (χ3v) is 2.98. The lowest BCUT2D eigenvalue weighted by molar-refractivity contribution is 0.101. The molecule has 104 valence electrons. The van der Waals surface area contributed by atoms with Crippen LogP contribution in [0.1, 0.15) is 16.1 Å².